The summed E-state index contributed by atoms with van der Waals surface area (Å²) in [6, 6.07) is 6.72. The molecule has 0 aromatic carbocycles. The van der Waals surface area contributed by atoms with Crippen molar-refractivity contribution in [2.24, 2.45) is 0 Å². The first-order valence-corrected chi connectivity index (χ1v) is 12.3. The molecule has 0 aliphatic carbocycles. The second-order valence-corrected chi connectivity index (χ2v) is 13.0. The van der Waals surface area contributed by atoms with Gasteiger partial charge in [0.1, 0.15) is 18.2 Å². The number of fused-ring (bicyclic) bond motifs is 1. The highest BCUT2D eigenvalue weighted by Crippen LogP contribution is 2.28. The van der Waals surface area contributed by atoms with E-state index in [1.807, 2.05) is 29.0 Å². The van der Waals surface area contributed by atoms with E-state index in [2.05, 4.69) is 34.6 Å². The number of anilines is 1. The fraction of sp³-hybridized carbons (Fsp3) is 0.389. The quantitative estimate of drug-likeness (QED) is 0.506. The summed E-state index contributed by atoms with van der Waals surface area (Å²) in [5.74, 6) is 1.38. The summed E-state index contributed by atoms with van der Waals surface area (Å²) in [5, 5.41) is 0.811. The first kappa shape index (κ1) is 18.3. The zero-order valence-electron chi connectivity index (χ0n) is 15.7. The number of nitrogens with zero attached hydrogens (tertiary/aromatic N) is 4. The Morgan fingerprint density at radius 3 is 2.73 bits per heavy atom. The Kier molecular flexibility index (Phi) is 5.24. The van der Waals surface area contributed by atoms with Gasteiger partial charge < -0.3 is 19.8 Å². The van der Waals surface area contributed by atoms with Crippen molar-refractivity contribution in [1.82, 2.24) is 19.5 Å². The normalized spacial score (nSPS) is 11.8. The van der Waals surface area contributed by atoms with Gasteiger partial charge in [0.2, 0.25) is 5.88 Å². The van der Waals surface area contributed by atoms with E-state index in [-0.39, 0.29) is 0 Å². The summed E-state index contributed by atoms with van der Waals surface area (Å²) >= 11 is 0. The monoisotopic (exact) mass is 371 g/mol. The third-order valence-electron chi connectivity index (χ3n) is 4.08. The first-order chi connectivity index (χ1) is 12.4. The van der Waals surface area contributed by atoms with Gasteiger partial charge >= 0.3 is 0 Å². The SMILES string of the molecule is COc1ncccc1-c1nc(N)c2ccn(COCC[Si](C)(C)C)c2n1. The van der Waals surface area contributed by atoms with Gasteiger partial charge in [0.15, 0.2) is 5.82 Å². The van der Waals surface area contributed by atoms with Gasteiger partial charge in [-0.1, -0.05) is 19.6 Å². The van der Waals surface area contributed by atoms with Crippen LogP contribution in [0.3, 0.4) is 0 Å². The van der Waals surface area contributed by atoms with E-state index >= 15 is 0 Å². The summed E-state index contributed by atoms with van der Waals surface area (Å²) in [6.07, 6.45) is 3.59. The van der Waals surface area contributed by atoms with Crippen molar-refractivity contribution in [3.63, 3.8) is 0 Å². The third kappa shape index (κ3) is 4.02. The molecule has 3 rings (SSSR count). The van der Waals surface area contributed by atoms with Gasteiger partial charge in [0.25, 0.3) is 0 Å². The molecule has 3 heterocycles. The fourth-order valence-corrected chi connectivity index (χ4v) is 3.33. The Hall–Kier alpha value is -2.45. The molecule has 3 aromatic rings. The van der Waals surface area contributed by atoms with Gasteiger partial charge in [0, 0.05) is 27.1 Å². The lowest BCUT2D eigenvalue weighted by molar-refractivity contribution is 0.0899. The van der Waals surface area contributed by atoms with Crippen LogP contribution in [0.5, 0.6) is 5.88 Å². The Bertz CT molecular complexity index is 904. The molecular formula is C18H25N5O2Si. The highest BCUT2D eigenvalue weighted by molar-refractivity contribution is 6.76. The minimum Gasteiger partial charge on any atom is -0.480 e. The predicted molar refractivity (Wildman–Crippen MR) is 106 cm³/mol. The summed E-state index contributed by atoms with van der Waals surface area (Å²) in [7, 11) is 0.466. The lowest BCUT2D eigenvalue weighted by atomic mass is 10.2. The maximum Gasteiger partial charge on any atom is 0.224 e. The molecule has 0 radical (unpaired) electrons. The topological polar surface area (TPSA) is 88.1 Å². The summed E-state index contributed by atoms with van der Waals surface area (Å²) in [5.41, 5.74) is 7.60. The molecule has 0 fully saturated rings. The van der Waals surface area contributed by atoms with Crippen molar-refractivity contribution in [2.75, 3.05) is 19.5 Å². The zero-order chi connectivity index (χ0) is 18.7. The van der Waals surface area contributed by atoms with Crippen LogP contribution in [0.2, 0.25) is 25.7 Å². The molecule has 0 amide bonds. The fourth-order valence-electron chi connectivity index (χ4n) is 2.58. The molecule has 0 saturated heterocycles. The van der Waals surface area contributed by atoms with Crippen LogP contribution in [0.25, 0.3) is 22.4 Å². The van der Waals surface area contributed by atoms with Crippen LogP contribution in [0.4, 0.5) is 5.82 Å². The van der Waals surface area contributed by atoms with E-state index in [4.69, 9.17) is 15.2 Å². The molecule has 0 aliphatic heterocycles. The molecule has 0 bridgehead atoms. The number of rotatable bonds is 7. The molecule has 0 atom stereocenters. The molecule has 0 aliphatic rings. The second-order valence-electron chi connectivity index (χ2n) is 7.36. The highest BCUT2D eigenvalue weighted by atomic mass is 28.3. The lowest BCUT2D eigenvalue weighted by Gasteiger charge is -2.15. The maximum atomic E-state index is 6.15. The van der Waals surface area contributed by atoms with Crippen molar-refractivity contribution in [2.45, 2.75) is 32.4 Å². The summed E-state index contributed by atoms with van der Waals surface area (Å²) < 4.78 is 13.1. The number of aromatic nitrogens is 4. The Morgan fingerprint density at radius 2 is 2.00 bits per heavy atom. The number of methoxy groups -OCH3 is 1. The second kappa shape index (κ2) is 7.43. The van der Waals surface area contributed by atoms with E-state index < -0.39 is 8.07 Å². The smallest absolute Gasteiger partial charge is 0.224 e. The average Bonchev–Trinajstić information content (AvgIpc) is 3.01. The van der Waals surface area contributed by atoms with Crippen LogP contribution in [-0.2, 0) is 11.5 Å². The van der Waals surface area contributed by atoms with E-state index in [1.54, 1.807) is 13.3 Å². The van der Waals surface area contributed by atoms with Crippen molar-refractivity contribution in [1.29, 1.82) is 0 Å². The number of ether oxygens (including phenoxy) is 2. The molecule has 0 spiro atoms. The number of nitrogen functional groups attached to an aromatic ring is 1. The van der Waals surface area contributed by atoms with Crippen LogP contribution in [-0.4, -0.2) is 41.3 Å². The minimum absolute atomic E-state index is 0.428. The lowest BCUT2D eigenvalue weighted by Crippen LogP contribution is -2.22. The van der Waals surface area contributed by atoms with Crippen molar-refractivity contribution >= 4 is 24.9 Å². The number of hydrogen-bond acceptors (Lipinski definition) is 6. The zero-order valence-corrected chi connectivity index (χ0v) is 16.7. The molecule has 2 N–H and O–H groups in total. The van der Waals surface area contributed by atoms with Gasteiger partial charge in [-0.15, -0.1) is 0 Å². The van der Waals surface area contributed by atoms with E-state index in [9.17, 15) is 0 Å². The Labute approximate surface area is 154 Å². The van der Waals surface area contributed by atoms with Crippen LogP contribution < -0.4 is 10.5 Å². The van der Waals surface area contributed by atoms with E-state index in [0.29, 0.717) is 29.8 Å². The molecular weight excluding hydrogens is 346 g/mol. The molecule has 138 valence electrons. The summed E-state index contributed by atoms with van der Waals surface area (Å²) in [4.78, 5) is 13.3. The largest absolute Gasteiger partial charge is 0.480 e. The van der Waals surface area contributed by atoms with Crippen LogP contribution in [0.15, 0.2) is 30.6 Å². The number of nitrogens with two attached hydrogens (primary N) is 1. The molecule has 8 heteroatoms. The van der Waals surface area contributed by atoms with Crippen molar-refractivity contribution < 1.29 is 9.47 Å². The van der Waals surface area contributed by atoms with Gasteiger partial charge in [0.05, 0.1) is 18.1 Å². The van der Waals surface area contributed by atoms with Crippen LogP contribution in [0, 0.1) is 0 Å². The van der Waals surface area contributed by atoms with E-state index in [1.165, 1.54) is 0 Å². The predicted octanol–water partition coefficient (Wildman–Crippen LogP) is 3.40. The molecule has 0 unspecified atom stereocenters. The van der Waals surface area contributed by atoms with Gasteiger partial charge in [-0.2, -0.15) is 0 Å². The van der Waals surface area contributed by atoms with Gasteiger partial charge in [-0.05, 0) is 24.2 Å². The number of hydrogen-bond donors (Lipinski definition) is 1. The van der Waals surface area contributed by atoms with Gasteiger partial charge in [-0.3, -0.25) is 0 Å². The molecule has 26 heavy (non-hydrogen) atoms. The highest BCUT2D eigenvalue weighted by Gasteiger charge is 2.15. The van der Waals surface area contributed by atoms with Crippen molar-refractivity contribution in [3.05, 3.63) is 30.6 Å². The molecule has 0 saturated carbocycles. The average molecular weight is 372 g/mol. The van der Waals surface area contributed by atoms with Gasteiger partial charge in [-0.25, -0.2) is 15.0 Å². The minimum atomic E-state index is -1.11. The maximum absolute atomic E-state index is 6.15. The molecule has 3 aromatic heterocycles. The summed E-state index contributed by atoms with van der Waals surface area (Å²) in [6.45, 7) is 8.20. The third-order valence-corrected chi connectivity index (χ3v) is 5.78. The first-order valence-electron chi connectivity index (χ1n) is 8.58. The Balaban J connectivity index is 1.89. The van der Waals surface area contributed by atoms with E-state index in [0.717, 1.165) is 23.7 Å². The Morgan fingerprint density at radius 1 is 1.19 bits per heavy atom. The van der Waals surface area contributed by atoms with Crippen molar-refractivity contribution in [3.8, 4) is 17.3 Å². The number of pyridine rings is 1. The van der Waals surface area contributed by atoms with Crippen LogP contribution in [0.1, 0.15) is 0 Å². The standard InChI is InChI=1S/C18H25N5O2Si/c1-24-18-14(6-5-8-20-18)16-21-15(19)13-7-9-23(17(13)22-16)12-25-10-11-26(2,3)4/h5-9H,10-12H2,1-4H3,(H2,19,21,22). The molecule has 7 nitrogen and oxygen atoms in total. The van der Waals surface area contributed by atoms with Crippen LogP contribution >= 0.6 is 0 Å².